The zero-order valence-electron chi connectivity index (χ0n) is 26.9. The van der Waals surface area contributed by atoms with Crippen molar-refractivity contribution in [2.24, 2.45) is 0 Å². The summed E-state index contributed by atoms with van der Waals surface area (Å²) in [7, 11) is 9.17. The molecular weight excluding hydrogens is 604 g/mol. The minimum atomic E-state index is -0.316. The second-order valence-corrected chi connectivity index (χ2v) is 9.71. The van der Waals surface area contributed by atoms with Gasteiger partial charge in [0, 0.05) is 23.5 Å². The van der Waals surface area contributed by atoms with Gasteiger partial charge in [-0.25, -0.2) is 0 Å². The molecule has 0 aliphatic rings. The Morgan fingerprint density at radius 3 is 1.09 bits per heavy atom. The molecule has 0 saturated carbocycles. The van der Waals surface area contributed by atoms with Crippen LogP contribution < -0.4 is 43.8 Å². The zero-order valence-corrected chi connectivity index (χ0v) is 26.9. The topological polar surface area (TPSA) is 123 Å². The normalized spacial score (nSPS) is 10.8. The molecule has 2 N–H and O–H groups in total. The van der Waals surface area contributed by atoms with Crippen LogP contribution in [0.5, 0.6) is 46.0 Å². The summed E-state index contributed by atoms with van der Waals surface area (Å²) in [5.41, 5.74) is 2.59. The van der Waals surface area contributed by atoms with E-state index in [2.05, 4.69) is 10.6 Å². The maximum atomic E-state index is 12.5. The van der Waals surface area contributed by atoms with Crippen LogP contribution in [0.15, 0.2) is 84.9 Å². The summed E-state index contributed by atoms with van der Waals surface area (Å²) in [6.45, 7) is 0. The van der Waals surface area contributed by atoms with Crippen LogP contribution in [0.1, 0.15) is 11.1 Å². The van der Waals surface area contributed by atoms with Crippen molar-refractivity contribution in [3.8, 4) is 46.0 Å². The fraction of sp³-hybridized carbons (Fsp3) is 0.167. The van der Waals surface area contributed by atoms with Crippen LogP contribution in [0.2, 0.25) is 0 Å². The Labute approximate surface area is 273 Å². The molecule has 0 unspecified atom stereocenters. The first-order valence-corrected chi connectivity index (χ1v) is 14.3. The Morgan fingerprint density at radius 1 is 0.489 bits per heavy atom. The number of amides is 2. The van der Waals surface area contributed by atoms with Gasteiger partial charge in [0.2, 0.25) is 23.3 Å². The molecule has 0 spiro atoms. The molecule has 0 bridgehead atoms. The van der Waals surface area contributed by atoms with E-state index in [-0.39, 0.29) is 11.8 Å². The lowest BCUT2D eigenvalue weighted by Crippen LogP contribution is -2.07. The SMILES string of the molecule is COc1cc(C=CC(=O)Nc2ccc(Oc3ccc(NC(=O)C=Cc4cc(OC)c(OC)c(OC)c4)cc3)cc2)cc(OC)c1OC. The van der Waals surface area contributed by atoms with Crippen LogP contribution >= 0.6 is 0 Å². The molecular formula is C36H36N2O9. The smallest absolute Gasteiger partial charge is 0.248 e. The summed E-state index contributed by atoms with van der Waals surface area (Å²) in [6, 6.07) is 20.9. The van der Waals surface area contributed by atoms with Crippen molar-refractivity contribution in [1.29, 1.82) is 0 Å². The number of rotatable bonds is 14. The van der Waals surface area contributed by atoms with Gasteiger partial charge in [-0.1, -0.05) is 0 Å². The number of hydrogen-bond donors (Lipinski definition) is 2. The lowest BCUT2D eigenvalue weighted by molar-refractivity contribution is -0.112. The third kappa shape index (κ3) is 8.98. The molecule has 0 aromatic heterocycles. The lowest BCUT2D eigenvalue weighted by atomic mass is 10.1. The van der Waals surface area contributed by atoms with Gasteiger partial charge in [-0.15, -0.1) is 0 Å². The summed E-state index contributed by atoms with van der Waals surface area (Å²) in [5.74, 6) is 3.41. The van der Waals surface area contributed by atoms with Crippen molar-refractivity contribution >= 4 is 35.3 Å². The van der Waals surface area contributed by atoms with Crippen LogP contribution in [0.25, 0.3) is 12.2 Å². The molecule has 0 radical (unpaired) electrons. The van der Waals surface area contributed by atoms with Gasteiger partial charge in [-0.2, -0.15) is 0 Å². The maximum Gasteiger partial charge on any atom is 0.248 e. The van der Waals surface area contributed by atoms with Gasteiger partial charge in [0.25, 0.3) is 0 Å². The van der Waals surface area contributed by atoms with E-state index in [1.165, 1.54) is 54.8 Å². The molecule has 0 saturated heterocycles. The number of methoxy groups -OCH3 is 6. The van der Waals surface area contributed by atoms with E-state index in [9.17, 15) is 9.59 Å². The van der Waals surface area contributed by atoms with Crippen molar-refractivity contribution in [3.05, 3.63) is 96.1 Å². The largest absolute Gasteiger partial charge is 0.493 e. The first-order chi connectivity index (χ1) is 22.8. The predicted molar refractivity (Wildman–Crippen MR) is 180 cm³/mol. The van der Waals surface area contributed by atoms with Gasteiger partial charge in [0.15, 0.2) is 23.0 Å². The fourth-order valence-electron chi connectivity index (χ4n) is 4.46. The van der Waals surface area contributed by atoms with Crippen molar-refractivity contribution in [2.45, 2.75) is 0 Å². The molecule has 4 aromatic carbocycles. The number of nitrogens with one attached hydrogen (secondary N) is 2. The van der Waals surface area contributed by atoms with Crippen LogP contribution in [-0.4, -0.2) is 54.5 Å². The first kappa shape index (κ1) is 33.8. The molecule has 11 heteroatoms. The van der Waals surface area contributed by atoms with Crippen molar-refractivity contribution in [3.63, 3.8) is 0 Å². The van der Waals surface area contributed by atoms with E-state index in [1.807, 2.05) is 0 Å². The Balaban J connectivity index is 1.30. The van der Waals surface area contributed by atoms with Crippen molar-refractivity contribution in [1.82, 2.24) is 0 Å². The molecule has 4 rings (SSSR count). The van der Waals surface area contributed by atoms with Crippen LogP contribution in [0.3, 0.4) is 0 Å². The summed E-state index contributed by atoms with van der Waals surface area (Å²) in [4.78, 5) is 25.1. The highest BCUT2D eigenvalue weighted by atomic mass is 16.5. The Hall–Kier alpha value is -6.10. The van der Waals surface area contributed by atoms with Gasteiger partial charge in [-0.05, 0) is 96.1 Å². The molecule has 11 nitrogen and oxygen atoms in total. The molecule has 4 aromatic rings. The third-order valence-corrected chi connectivity index (χ3v) is 6.71. The summed E-state index contributed by atoms with van der Waals surface area (Å²) < 4.78 is 38.0. The summed E-state index contributed by atoms with van der Waals surface area (Å²) in [6.07, 6.45) is 6.12. The van der Waals surface area contributed by atoms with E-state index in [0.717, 1.165) is 0 Å². The molecule has 0 atom stereocenters. The Kier molecular flexibility index (Phi) is 11.7. The highest BCUT2D eigenvalue weighted by Crippen LogP contribution is 2.39. The average molecular weight is 641 g/mol. The molecule has 0 aliphatic carbocycles. The number of hydrogen-bond acceptors (Lipinski definition) is 9. The number of carbonyl (C=O) groups is 2. The maximum absolute atomic E-state index is 12.5. The standard InChI is InChI=1S/C36H36N2O9/c1-41-29-19-23(20-30(42-2)35(29)45-5)7-17-33(39)37-25-9-13-27(14-10-25)47-28-15-11-26(12-16-28)38-34(40)18-8-24-21-31(43-3)36(46-6)32(22-24)44-4/h7-22H,1-6H3,(H,37,39)(H,38,40). The van der Waals surface area contributed by atoms with Gasteiger partial charge in [0.05, 0.1) is 42.7 Å². The number of carbonyl (C=O) groups excluding carboxylic acids is 2. The quantitative estimate of drug-likeness (QED) is 0.143. The lowest BCUT2D eigenvalue weighted by Gasteiger charge is -2.12. The van der Waals surface area contributed by atoms with Gasteiger partial charge >= 0.3 is 0 Å². The summed E-state index contributed by atoms with van der Waals surface area (Å²) in [5, 5.41) is 5.63. The highest BCUT2D eigenvalue weighted by molar-refractivity contribution is 6.02. The average Bonchev–Trinajstić information content (AvgIpc) is 3.10. The van der Waals surface area contributed by atoms with E-state index < -0.39 is 0 Å². The van der Waals surface area contributed by atoms with Crippen LogP contribution in [0.4, 0.5) is 11.4 Å². The minimum absolute atomic E-state index is 0.316. The number of anilines is 2. The molecule has 0 heterocycles. The summed E-state index contributed by atoms with van der Waals surface area (Å²) >= 11 is 0. The molecule has 2 amide bonds. The second-order valence-electron chi connectivity index (χ2n) is 9.71. The highest BCUT2D eigenvalue weighted by Gasteiger charge is 2.13. The van der Waals surface area contributed by atoms with E-state index >= 15 is 0 Å². The number of ether oxygens (including phenoxy) is 7. The fourth-order valence-corrected chi connectivity index (χ4v) is 4.46. The van der Waals surface area contributed by atoms with Crippen molar-refractivity contribution < 1.29 is 42.7 Å². The molecule has 244 valence electrons. The van der Waals surface area contributed by atoms with Gasteiger partial charge in [0.1, 0.15) is 11.5 Å². The predicted octanol–water partition coefficient (Wildman–Crippen LogP) is 6.83. The first-order valence-electron chi connectivity index (χ1n) is 14.3. The Morgan fingerprint density at radius 2 is 0.809 bits per heavy atom. The minimum Gasteiger partial charge on any atom is -0.493 e. The monoisotopic (exact) mass is 640 g/mol. The van der Waals surface area contributed by atoms with Gasteiger partial charge < -0.3 is 43.8 Å². The van der Waals surface area contributed by atoms with Crippen molar-refractivity contribution in [2.75, 3.05) is 53.3 Å². The third-order valence-electron chi connectivity index (χ3n) is 6.71. The zero-order chi connectivity index (χ0) is 33.8. The second kappa shape index (κ2) is 16.3. The molecule has 0 fully saturated rings. The molecule has 47 heavy (non-hydrogen) atoms. The van der Waals surface area contributed by atoms with Crippen LogP contribution in [0, 0.1) is 0 Å². The van der Waals surface area contributed by atoms with Gasteiger partial charge in [-0.3, -0.25) is 9.59 Å². The Bertz CT molecular complexity index is 1570. The van der Waals surface area contributed by atoms with E-state index in [0.29, 0.717) is 68.5 Å². The van der Waals surface area contributed by atoms with Crippen LogP contribution in [-0.2, 0) is 9.59 Å². The number of benzene rings is 4. The molecule has 0 aliphatic heterocycles. The van der Waals surface area contributed by atoms with E-state index in [4.69, 9.17) is 33.2 Å². The van der Waals surface area contributed by atoms with E-state index in [1.54, 1.807) is 84.9 Å².